The number of rotatable bonds is 5. The number of carbonyl (C=O) groups excluding carboxylic acids is 1. The second kappa shape index (κ2) is 5.94. The Morgan fingerprint density at radius 2 is 2.18 bits per heavy atom. The Bertz CT molecular complexity index is 798. The molecule has 0 spiro atoms. The van der Waals surface area contributed by atoms with Crippen LogP contribution in [0.3, 0.4) is 0 Å². The van der Waals surface area contributed by atoms with Crippen molar-refractivity contribution in [2.75, 3.05) is 19.6 Å². The molecule has 8 heteroatoms. The molecule has 0 bridgehead atoms. The second-order valence-corrected chi connectivity index (χ2v) is 5.28. The standard InChI is InChI=1S/C14H13N3O4S/c1-19-8-6-10(20-2)12-11(7-8)22-14(15-12)17-16-13(18)9-4-3-5-21-9/h3-7H,1-2H3,(H,15,17)(H,16,18). The van der Waals surface area contributed by atoms with E-state index in [2.05, 4.69) is 15.8 Å². The number of amides is 1. The van der Waals surface area contributed by atoms with E-state index in [1.54, 1.807) is 32.4 Å². The summed E-state index contributed by atoms with van der Waals surface area (Å²) in [5.74, 6) is 1.12. The number of fused-ring (bicyclic) bond motifs is 1. The average molecular weight is 319 g/mol. The van der Waals surface area contributed by atoms with Gasteiger partial charge in [0.2, 0.25) is 5.13 Å². The molecule has 0 saturated heterocycles. The summed E-state index contributed by atoms with van der Waals surface area (Å²) >= 11 is 1.37. The summed E-state index contributed by atoms with van der Waals surface area (Å²) in [4.78, 5) is 16.2. The van der Waals surface area contributed by atoms with Gasteiger partial charge in [0.1, 0.15) is 17.0 Å². The van der Waals surface area contributed by atoms with Crippen molar-refractivity contribution in [2.45, 2.75) is 0 Å². The van der Waals surface area contributed by atoms with Crippen molar-refractivity contribution in [3.63, 3.8) is 0 Å². The zero-order valence-electron chi connectivity index (χ0n) is 11.9. The van der Waals surface area contributed by atoms with Crippen molar-refractivity contribution in [3.8, 4) is 11.5 Å². The number of hydrogen-bond donors (Lipinski definition) is 2. The lowest BCUT2D eigenvalue weighted by molar-refractivity contribution is 0.0935. The highest BCUT2D eigenvalue weighted by Gasteiger charge is 2.13. The molecule has 0 aliphatic carbocycles. The molecule has 114 valence electrons. The molecule has 1 aromatic carbocycles. The molecular weight excluding hydrogens is 306 g/mol. The number of aromatic nitrogens is 1. The van der Waals surface area contributed by atoms with E-state index in [4.69, 9.17) is 13.9 Å². The third kappa shape index (κ3) is 2.68. The Kier molecular flexibility index (Phi) is 3.84. The van der Waals surface area contributed by atoms with Crippen LogP contribution in [0.2, 0.25) is 0 Å². The summed E-state index contributed by atoms with van der Waals surface area (Å²) in [6.45, 7) is 0. The van der Waals surface area contributed by atoms with E-state index in [0.29, 0.717) is 22.1 Å². The zero-order valence-corrected chi connectivity index (χ0v) is 12.7. The topological polar surface area (TPSA) is 85.6 Å². The maximum Gasteiger partial charge on any atom is 0.305 e. The predicted molar refractivity (Wildman–Crippen MR) is 82.5 cm³/mol. The predicted octanol–water partition coefficient (Wildman–Crippen LogP) is 2.66. The lowest BCUT2D eigenvalue weighted by Gasteiger charge is -2.04. The fourth-order valence-electron chi connectivity index (χ4n) is 1.88. The fourth-order valence-corrected chi connectivity index (χ4v) is 2.75. The molecule has 0 saturated carbocycles. The number of carbonyl (C=O) groups is 1. The number of thiazole rings is 1. The minimum Gasteiger partial charge on any atom is -0.497 e. The number of nitrogens with zero attached hydrogens (tertiary/aromatic N) is 1. The van der Waals surface area contributed by atoms with Crippen molar-refractivity contribution in [1.82, 2.24) is 10.4 Å². The first-order valence-electron chi connectivity index (χ1n) is 6.33. The Balaban J connectivity index is 1.81. The highest BCUT2D eigenvalue weighted by Crippen LogP contribution is 2.35. The minimum absolute atomic E-state index is 0.216. The minimum atomic E-state index is -0.381. The molecular formula is C14H13N3O4S. The fraction of sp³-hybridized carbons (Fsp3) is 0.143. The first-order valence-corrected chi connectivity index (χ1v) is 7.15. The number of methoxy groups -OCH3 is 2. The molecule has 7 nitrogen and oxygen atoms in total. The van der Waals surface area contributed by atoms with Crippen LogP contribution in [0, 0.1) is 0 Å². The molecule has 0 radical (unpaired) electrons. The third-order valence-corrected chi connectivity index (χ3v) is 3.83. The van der Waals surface area contributed by atoms with Gasteiger partial charge in [-0.2, -0.15) is 0 Å². The molecule has 2 N–H and O–H groups in total. The van der Waals surface area contributed by atoms with Crippen LogP contribution in [-0.2, 0) is 0 Å². The number of furan rings is 1. The van der Waals surface area contributed by atoms with Gasteiger partial charge in [0.25, 0.3) is 0 Å². The molecule has 2 heterocycles. The van der Waals surface area contributed by atoms with Crippen LogP contribution in [-0.4, -0.2) is 25.1 Å². The van der Waals surface area contributed by atoms with Gasteiger partial charge in [0.15, 0.2) is 5.76 Å². The molecule has 0 aliphatic heterocycles. The van der Waals surface area contributed by atoms with E-state index in [0.717, 1.165) is 4.70 Å². The van der Waals surface area contributed by atoms with Gasteiger partial charge in [-0.3, -0.25) is 15.6 Å². The van der Waals surface area contributed by atoms with Crippen LogP contribution in [0.5, 0.6) is 11.5 Å². The van der Waals surface area contributed by atoms with Gasteiger partial charge in [0, 0.05) is 6.07 Å². The Hall–Kier alpha value is -2.74. The van der Waals surface area contributed by atoms with Gasteiger partial charge in [-0.05, 0) is 18.2 Å². The van der Waals surface area contributed by atoms with Gasteiger partial charge >= 0.3 is 5.91 Å². The van der Waals surface area contributed by atoms with Gasteiger partial charge in [-0.15, -0.1) is 0 Å². The van der Waals surface area contributed by atoms with Crippen molar-refractivity contribution in [1.29, 1.82) is 0 Å². The SMILES string of the molecule is COc1cc(OC)c2nc(NNC(=O)c3ccco3)sc2c1. The molecule has 2 aromatic heterocycles. The van der Waals surface area contributed by atoms with Crippen molar-refractivity contribution in [3.05, 3.63) is 36.3 Å². The van der Waals surface area contributed by atoms with Crippen LogP contribution in [0.4, 0.5) is 5.13 Å². The summed E-state index contributed by atoms with van der Waals surface area (Å²) in [5.41, 5.74) is 5.98. The maximum atomic E-state index is 11.8. The molecule has 22 heavy (non-hydrogen) atoms. The molecule has 3 aromatic rings. The number of hydrazine groups is 1. The highest BCUT2D eigenvalue weighted by atomic mass is 32.1. The Morgan fingerprint density at radius 1 is 1.32 bits per heavy atom. The molecule has 0 atom stereocenters. The first kappa shape index (κ1) is 14.2. The lowest BCUT2D eigenvalue weighted by Crippen LogP contribution is -2.28. The third-order valence-electron chi connectivity index (χ3n) is 2.92. The first-order chi connectivity index (χ1) is 10.7. The van der Waals surface area contributed by atoms with Crippen LogP contribution in [0.15, 0.2) is 34.9 Å². The van der Waals surface area contributed by atoms with Crippen LogP contribution >= 0.6 is 11.3 Å². The molecule has 3 rings (SSSR count). The number of nitrogens with one attached hydrogen (secondary N) is 2. The summed E-state index contributed by atoms with van der Waals surface area (Å²) in [7, 11) is 3.16. The van der Waals surface area contributed by atoms with E-state index in [1.165, 1.54) is 17.6 Å². The molecule has 0 fully saturated rings. The largest absolute Gasteiger partial charge is 0.497 e. The molecule has 0 unspecified atom stereocenters. The van der Waals surface area contributed by atoms with Gasteiger partial charge < -0.3 is 13.9 Å². The van der Waals surface area contributed by atoms with Crippen molar-refractivity contribution in [2.24, 2.45) is 0 Å². The Morgan fingerprint density at radius 3 is 2.86 bits per heavy atom. The van der Waals surface area contributed by atoms with Gasteiger partial charge in [-0.25, -0.2) is 4.98 Å². The number of hydrogen-bond acceptors (Lipinski definition) is 7. The molecule has 1 amide bonds. The quantitative estimate of drug-likeness (QED) is 0.703. The summed E-state index contributed by atoms with van der Waals surface area (Å²) in [6, 6.07) is 6.83. The van der Waals surface area contributed by atoms with E-state index in [1.807, 2.05) is 6.07 Å². The van der Waals surface area contributed by atoms with E-state index >= 15 is 0 Å². The number of ether oxygens (including phenoxy) is 2. The highest BCUT2D eigenvalue weighted by molar-refractivity contribution is 7.22. The van der Waals surface area contributed by atoms with Crippen LogP contribution in [0.1, 0.15) is 10.6 Å². The molecule has 0 aliphatic rings. The summed E-state index contributed by atoms with van der Waals surface area (Å²) in [6.07, 6.45) is 1.43. The van der Waals surface area contributed by atoms with Crippen molar-refractivity contribution < 1.29 is 18.7 Å². The number of benzene rings is 1. The van der Waals surface area contributed by atoms with E-state index in [9.17, 15) is 4.79 Å². The number of anilines is 1. The van der Waals surface area contributed by atoms with E-state index < -0.39 is 0 Å². The smallest absolute Gasteiger partial charge is 0.305 e. The summed E-state index contributed by atoms with van der Waals surface area (Å²) in [5, 5.41) is 0.529. The van der Waals surface area contributed by atoms with Crippen LogP contribution < -0.4 is 20.3 Å². The van der Waals surface area contributed by atoms with E-state index in [-0.39, 0.29) is 11.7 Å². The zero-order chi connectivity index (χ0) is 15.5. The van der Waals surface area contributed by atoms with Crippen LogP contribution in [0.25, 0.3) is 10.2 Å². The van der Waals surface area contributed by atoms with Crippen molar-refractivity contribution >= 4 is 32.6 Å². The second-order valence-electron chi connectivity index (χ2n) is 4.25. The normalized spacial score (nSPS) is 10.5. The summed E-state index contributed by atoms with van der Waals surface area (Å²) < 4.78 is 16.4. The lowest BCUT2D eigenvalue weighted by atomic mass is 10.3. The van der Waals surface area contributed by atoms with Gasteiger partial charge in [-0.1, -0.05) is 11.3 Å². The Labute approximate surface area is 129 Å². The monoisotopic (exact) mass is 319 g/mol. The average Bonchev–Trinajstić information content (AvgIpc) is 3.20. The van der Waals surface area contributed by atoms with Gasteiger partial charge in [0.05, 0.1) is 25.2 Å². The maximum absolute atomic E-state index is 11.8.